The summed E-state index contributed by atoms with van der Waals surface area (Å²) in [5.41, 5.74) is 0.919. The maximum atomic E-state index is 14.0. The van der Waals surface area contributed by atoms with E-state index in [2.05, 4.69) is 31.7 Å². The lowest BCUT2D eigenvalue weighted by Gasteiger charge is -2.11. The number of anilines is 2. The van der Waals surface area contributed by atoms with E-state index in [-0.39, 0.29) is 11.7 Å². The molecule has 0 spiro atoms. The third kappa shape index (κ3) is 5.12. The average Bonchev–Trinajstić information content (AvgIpc) is 2.94. The fourth-order valence-corrected chi connectivity index (χ4v) is 3.44. The highest BCUT2D eigenvalue weighted by molar-refractivity contribution is 9.10. The van der Waals surface area contributed by atoms with Gasteiger partial charge in [0.25, 0.3) is 0 Å². The molecule has 27 heavy (non-hydrogen) atoms. The number of hydrogen-bond donors (Lipinski definition) is 2. The maximum Gasteiger partial charge on any atom is 0.176 e. The number of nitrogens with one attached hydrogen (secondary N) is 2. The molecule has 0 unspecified atom stereocenters. The molecular formula is C17H11BrCl3FN4S. The van der Waals surface area contributed by atoms with Crippen LogP contribution in [0.4, 0.5) is 15.9 Å². The Morgan fingerprint density at radius 3 is 2.67 bits per heavy atom. The molecule has 0 atom stereocenters. The van der Waals surface area contributed by atoms with Crippen molar-refractivity contribution in [3.8, 4) is 0 Å². The van der Waals surface area contributed by atoms with Crippen LogP contribution in [0.1, 0.15) is 5.56 Å². The van der Waals surface area contributed by atoms with Crippen molar-refractivity contribution >= 4 is 79.6 Å². The zero-order chi connectivity index (χ0) is 19.6. The predicted octanol–water partition coefficient (Wildman–Crippen LogP) is 6.60. The van der Waals surface area contributed by atoms with Gasteiger partial charge in [-0.2, -0.15) is 5.10 Å². The van der Waals surface area contributed by atoms with Crippen molar-refractivity contribution in [3.63, 3.8) is 0 Å². The van der Waals surface area contributed by atoms with Crippen LogP contribution in [0.5, 0.6) is 0 Å². The first-order valence-corrected chi connectivity index (χ1v) is 9.86. The molecule has 2 aromatic carbocycles. The van der Waals surface area contributed by atoms with Crippen molar-refractivity contribution in [2.24, 2.45) is 0 Å². The molecule has 0 aliphatic rings. The molecule has 0 saturated carbocycles. The number of rotatable bonds is 4. The van der Waals surface area contributed by atoms with Crippen molar-refractivity contribution in [1.82, 2.24) is 9.78 Å². The van der Waals surface area contributed by atoms with Crippen LogP contribution in [0.2, 0.25) is 15.1 Å². The highest BCUT2D eigenvalue weighted by atomic mass is 79.9. The van der Waals surface area contributed by atoms with Crippen LogP contribution < -0.4 is 10.6 Å². The topological polar surface area (TPSA) is 41.9 Å². The molecule has 1 aromatic heterocycles. The standard InChI is InChI=1S/C17H11BrCl3FN4S/c18-11-8-26(7-10-12(20)2-1-3-14(10)22)25-16(11)24-17(27)23-15-6-9(19)4-5-13(15)21/h1-6,8H,7H2,(H2,23,24,25,27). The molecule has 3 rings (SSSR count). The molecule has 10 heteroatoms. The molecule has 0 amide bonds. The average molecular weight is 509 g/mol. The van der Waals surface area contributed by atoms with Gasteiger partial charge >= 0.3 is 0 Å². The lowest BCUT2D eigenvalue weighted by atomic mass is 10.2. The second-order valence-electron chi connectivity index (χ2n) is 5.43. The summed E-state index contributed by atoms with van der Waals surface area (Å²) in [6, 6.07) is 9.54. The number of benzene rings is 2. The van der Waals surface area contributed by atoms with Gasteiger partial charge in [-0.05, 0) is 58.5 Å². The smallest absolute Gasteiger partial charge is 0.176 e. The highest BCUT2D eigenvalue weighted by Crippen LogP contribution is 2.27. The molecule has 0 aliphatic heterocycles. The number of nitrogens with zero attached hydrogens (tertiary/aromatic N) is 2. The van der Waals surface area contributed by atoms with Gasteiger partial charge in [0, 0.05) is 21.8 Å². The third-order valence-electron chi connectivity index (χ3n) is 3.51. The van der Waals surface area contributed by atoms with Gasteiger partial charge in [-0.15, -0.1) is 0 Å². The molecule has 4 nitrogen and oxygen atoms in total. The quantitative estimate of drug-likeness (QED) is 0.390. The molecule has 140 valence electrons. The summed E-state index contributed by atoms with van der Waals surface area (Å²) in [6.45, 7) is 0.173. The van der Waals surface area contributed by atoms with Crippen molar-refractivity contribution < 1.29 is 4.39 Å². The Labute approximate surface area is 183 Å². The molecule has 3 aromatic rings. The largest absolute Gasteiger partial charge is 0.331 e. The van der Waals surface area contributed by atoms with Crippen molar-refractivity contribution in [2.75, 3.05) is 10.6 Å². The van der Waals surface area contributed by atoms with E-state index in [1.165, 1.54) is 6.07 Å². The minimum Gasteiger partial charge on any atom is -0.331 e. The lowest BCUT2D eigenvalue weighted by molar-refractivity contribution is 0.586. The number of hydrogen-bond acceptors (Lipinski definition) is 2. The second kappa shape index (κ2) is 8.75. The van der Waals surface area contributed by atoms with Gasteiger partial charge in [-0.3, -0.25) is 4.68 Å². The molecule has 0 saturated heterocycles. The summed E-state index contributed by atoms with van der Waals surface area (Å²) < 4.78 is 16.2. The van der Waals surface area contributed by atoms with E-state index in [0.29, 0.717) is 36.6 Å². The SMILES string of the molecule is Fc1cccc(Cl)c1Cn1cc(Br)c(NC(=S)Nc2cc(Cl)ccc2Cl)n1. The molecule has 0 fully saturated rings. The summed E-state index contributed by atoms with van der Waals surface area (Å²) in [6.07, 6.45) is 1.69. The number of aromatic nitrogens is 2. The molecule has 0 radical (unpaired) electrons. The molecule has 0 bridgehead atoms. The van der Waals surface area contributed by atoms with E-state index in [9.17, 15) is 4.39 Å². The van der Waals surface area contributed by atoms with Crippen LogP contribution in [0, 0.1) is 5.82 Å². The van der Waals surface area contributed by atoms with Crippen molar-refractivity contribution in [2.45, 2.75) is 6.54 Å². The Balaban J connectivity index is 1.73. The highest BCUT2D eigenvalue weighted by Gasteiger charge is 2.13. The Kier molecular flexibility index (Phi) is 6.60. The van der Waals surface area contributed by atoms with Crippen LogP contribution in [0.15, 0.2) is 47.1 Å². The summed E-state index contributed by atoms with van der Waals surface area (Å²) in [5, 5.41) is 11.9. The maximum absolute atomic E-state index is 14.0. The first kappa shape index (κ1) is 20.4. The minimum absolute atomic E-state index is 0.173. The predicted molar refractivity (Wildman–Crippen MR) is 117 cm³/mol. The zero-order valence-corrected chi connectivity index (χ0v) is 18.1. The molecule has 2 N–H and O–H groups in total. The van der Waals surface area contributed by atoms with Gasteiger partial charge in [-0.1, -0.05) is 40.9 Å². The summed E-state index contributed by atoms with van der Waals surface area (Å²) >= 11 is 26.8. The first-order chi connectivity index (χ1) is 12.8. The Morgan fingerprint density at radius 2 is 1.93 bits per heavy atom. The Hall–Kier alpha value is -1.38. The Bertz CT molecular complexity index is 992. The zero-order valence-electron chi connectivity index (χ0n) is 13.4. The summed E-state index contributed by atoms with van der Waals surface area (Å²) in [7, 11) is 0. The monoisotopic (exact) mass is 506 g/mol. The minimum atomic E-state index is -0.392. The summed E-state index contributed by atoms with van der Waals surface area (Å²) in [5.74, 6) is 0.0644. The second-order valence-corrected chi connectivity index (χ2v) is 7.94. The van der Waals surface area contributed by atoms with Crippen LogP contribution in [-0.2, 0) is 6.54 Å². The molecule has 1 heterocycles. The number of thiocarbonyl (C=S) groups is 1. The van der Waals surface area contributed by atoms with Gasteiger partial charge in [0.15, 0.2) is 10.9 Å². The van der Waals surface area contributed by atoms with E-state index < -0.39 is 5.82 Å². The van der Waals surface area contributed by atoms with E-state index in [1.807, 2.05) is 0 Å². The lowest BCUT2D eigenvalue weighted by Crippen LogP contribution is -2.20. The number of halogens is 5. The van der Waals surface area contributed by atoms with Gasteiger partial charge in [-0.25, -0.2) is 4.39 Å². The van der Waals surface area contributed by atoms with E-state index in [0.717, 1.165) is 0 Å². The fourth-order valence-electron chi connectivity index (χ4n) is 2.26. The first-order valence-electron chi connectivity index (χ1n) is 7.52. The van der Waals surface area contributed by atoms with E-state index >= 15 is 0 Å². The van der Waals surface area contributed by atoms with Crippen LogP contribution >= 0.6 is 63.0 Å². The van der Waals surface area contributed by atoms with Gasteiger partial charge in [0.1, 0.15) is 5.82 Å². The van der Waals surface area contributed by atoms with Crippen molar-refractivity contribution in [1.29, 1.82) is 0 Å². The van der Waals surface area contributed by atoms with E-state index in [1.54, 1.807) is 41.2 Å². The van der Waals surface area contributed by atoms with Gasteiger partial charge in [0.05, 0.1) is 21.7 Å². The van der Waals surface area contributed by atoms with Crippen LogP contribution in [0.25, 0.3) is 0 Å². The van der Waals surface area contributed by atoms with Crippen molar-refractivity contribution in [3.05, 3.63) is 73.5 Å². The van der Waals surface area contributed by atoms with Crippen LogP contribution in [0.3, 0.4) is 0 Å². The van der Waals surface area contributed by atoms with Gasteiger partial charge in [0.2, 0.25) is 0 Å². The third-order valence-corrected chi connectivity index (χ3v) is 5.21. The van der Waals surface area contributed by atoms with Gasteiger partial charge < -0.3 is 10.6 Å². The Morgan fingerprint density at radius 1 is 1.15 bits per heavy atom. The summed E-state index contributed by atoms with van der Waals surface area (Å²) in [4.78, 5) is 0. The fraction of sp³-hybridized carbons (Fsp3) is 0.0588. The van der Waals surface area contributed by atoms with Crippen LogP contribution in [-0.4, -0.2) is 14.9 Å². The normalized spacial score (nSPS) is 10.7. The molecular weight excluding hydrogens is 498 g/mol. The van der Waals surface area contributed by atoms with E-state index in [4.69, 9.17) is 47.0 Å². The molecule has 0 aliphatic carbocycles.